The highest BCUT2D eigenvalue weighted by atomic mass is 79.9. The van der Waals surface area contributed by atoms with Crippen molar-refractivity contribution in [1.82, 2.24) is 5.32 Å². The molecule has 0 spiro atoms. The largest absolute Gasteiger partial charge is 0.486 e. The van der Waals surface area contributed by atoms with Crippen molar-refractivity contribution in [2.24, 2.45) is 0 Å². The number of carbonyl (C=O) groups is 1. The van der Waals surface area contributed by atoms with E-state index in [0.717, 1.165) is 41.5 Å². The minimum atomic E-state index is 0.289. The highest BCUT2D eigenvalue weighted by Gasteiger charge is 2.28. The molecule has 0 aromatic heterocycles. The van der Waals surface area contributed by atoms with E-state index >= 15 is 0 Å². The maximum absolute atomic E-state index is 11.2. The second-order valence-electron chi connectivity index (χ2n) is 4.48. The van der Waals surface area contributed by atoms with E-state index in [4.69, 9.17) is 9.47 Å². The molecule has 1 aromatic carbocycles. The van der Waals surface area contributed by atoms with Crippen LogP contribution in [0.3, 0.4) is 0 Å². The van der Waals surface area contributed by atoms with Crippen LogP contribution in [0.25, 0.3) is 0 Å². The molecule has 1 N–H and O–H groups in total. The SMILES string of the molecule is O=Cc1c(Br)cc(C2CCCN2)c2c1OCCO2. The Bertz CT molecular complexity index is 484. The smallest absolute Gasteiger partial charge is 0.173 e. The summed E-state index contributed by atoms with van der Waals surface area (Å²) in [5.74, 6) is 1.31. The predicted molar refractivity (Wildman–Crippen MR) is 70.5 cm³/mol. The molecule has 1 fully saturated rings. The number of nitrogens with one attached hydrogen (secondary N) is 1. The molecule has 0 radical (unpaired) electrons. The Morgan fingerprint density at radius 2 is 2.11 bits per heavy atom. The van der Waals surface area contributed by atoms with Gasteiger partial charge in [-0.1, -0.05) is 0 Å². The van der Waals surface area contributed by atoms with Crippen molar-refractivity contribution < 1.29 is 14.3 Å². The second kappa shape index (κ2) is 4.90. The van der Waals surface area contributed by atoms with E-state index < -0.39 is 0 Å². The van der Waals surface area contributed by atoms with Gasteiger partial charge in [0.2, 0.25) is 0 Å². The Labute approximate surface area is 114 Å². The summed E-state index contributed by atoms with van der Waals surface area (Å²) in [7, 11) is 0. The van der Waals surface area contributed by atoms with E-state index in [9.17, 15) is 4.79 Å². The van der Waals surface area contributed by atoms with Crippen molar-refractivity contribution in [1.29, 1.82) is 0 Å². The summed E-state index contributed by atoms with van der Waals surface area (Å²) in [6, 6.07) is 2.26. The van der Waals surface area contributed by atoms with Gasteiger partial charge in [0.15, 0.2) is 17.8 Å². The third-order valence-electron chi connectivity index (χ3n) is 3.38. The molecule has 18 heavy (non-hydrogen) atoms. The average molecular weight is 312 g/mol. The number of carbonyl (C=O) groups excluding carboxylic acids is 1. The van der Waals surface area contributed by atoms with Gasteiger partial charge in [-0.05, 0) is 41.4 Å². The van der Waals surface area contributed by atoms with Gasteiger partial charge in [-0.3, -0.25) is 4.79 Å². The van der Waals surface area contributed by atoms with Crippen LogP contribution in [-0.4, -0.2) is 26.0 Å². The van der Waals surface area contributed by atoms with Gasteiger partial charge >= 0.3 is 0 Å². The number of hydrogen-bond donors (Lipinski definition) is 1. The fourth-order valence-corrected chi connectivity index (χ4v) is 3.06. The fourth-order valence-electron chi connectivity index (χ4n) is 2.54. The zero-order chi connectivity index (χ0) is 12.5. The first-order chi connectivity index (χ1) is 8.81. The van der Waals surface area contributed by atoms with E-state index in [1.807, 2.05) is 6.07 Å². The maximum Gasteiger partial charge on any atom is 0.173 e. The van der Waals surface area contributed by atoms with Gasteiger partial charge in [0.1, 0.15) is 13.2 Å². The van der Waals surface area contributed by atoms with Crippen LogP contribution in [0.1, 0.15) is 34.8 Å². The van der Waals surface area contributed by atoms with Crippen molar-refractivity contribution in [3.05, 3.63) is 21.7 Å². The van der Waals surface area contributed by atoms with Crippen molar-refractivity contribution in [2.45, 2.75) is 18.9 Å². The molecule has 1 atom stereocenters. The minimum Gasteiger partial charge on any atom is -0.486 e. The third-order valence-corrected chi connectivity index (χ3v) is 4.04. The summed E-state index contributed by atoms with van der Waals surface area (Å²) >= 11 is 3.44. The summed E-state index contributed by atoms with van der Waals surface area (Å²) in [6.45, 7) is 2.04. The van der Waals surface area contributed by atoms with Gasteiger partial charge in [0, 0.05) is 16.1 Å². The van der Waals surface area contributed by atoms with Gasteiger partial charge in [0.25, 0.3) is 0 Å². The Balaban J connectivity index is 2.13. The van der Waals surface area contributed by atoms with Crippen LogP contribution in [0.2, 0.25) is 0 Å². The molecule has 4 nitrogen and oxygen atoms in total. The molecule has 2 heterocycles. The quantitative estimate of drug-likeness (QED) is 0.852. The van der Waals surface area contributed by atoms with Crippen molar-refractivity contribution in [3.63, 3.8) is 0 Å². The van der Waals surface area contributed by atoms with Gasteiger partial charge in [0.05, 0.1) is 5.56 Å². The molecule has 0 aliphatic carbocycles. The van der Waals surface area contributed by atoms with Gasteiger partial charge in [-0.15, -0.1) is 0 Å². The van der Waals surface area contributed by atoms with E-state index in [1.54, 1.807) is 0 Å². The van der Waals surface area contributed by atoms with Crippen LogP contribution in [0.5, 0.6) is 11.5 Å². The van der Waals surface area contributed by atoms with Crippen LogP contribution in [0.4, 0.5) is 0 Å². The molecule has 1 unspecified atom stereocenters. The Hall–Kier alpha value is -1.07. The first-order valence-electron chi connectivity index (χ1n) is 6.12. The summed E-state index contributed by atoms with van der Waals surface area (Å²) in [5.41, 5.74) is 1.62. The lowest BCUT2D eigenvalue weighted by Gasteiger charge is -2.25. The molecule has 0 amide bonds. The standard InChI is InChI=1S/C13H14BrNO3/c14-10-6-8(11-2-1-3-15-11)12-13(9(10)7-16)18-5-4-17-12/h6-7,11,15H,1-5H2. The highest BCUT2D eigenvalue weighted by molar-refractivity contribution is 9.10. The van der Waals surface area contributed by atoms with E-state index in [0.29, 0.717) is 24.5 Å². The van der Waals surface area contributed by atoms with Gasteiger partial charge in [-0.25, -0.2) is 0 Å². The summed E-state index contributed by atoms with van der Waals surface area (Å²) in [5, 5.41) is 3.44. The zero-order valence-corrected chi connectivity index (χ0v) is 11.5. The highest BCUT2D eigenvalue weighted by Crippen LogP contribution is 2.44. The first-order valence-corrected chi connectivity index (χ1v) is 6.91. The zero-order valence-electron chi connectivity index (χ0n) is 9.87. The first kappa shape index (κ1) is 12.0. The lowest BCUT2D eigenvalue weighted by molar-refractivity contribution is 0.111. The molecular weight excluding hydrogens is 298 g/mol. The Morgan fingerprint density at radius 1 is 1.33 bits per heavy atom. The second-order valence-corrected chi connectivity index (χ2v) is 5.34. The lowest BCUT2D eigenvalue weighted by Crippen LogP contribution is -2.21. The van der Waals surface area contributed by atoms with E-state index in [-0.39, 0.29) is 6.04 Å². The summed E-state index contributed by atoms with van der Waals surface area (Å²) < 4.78 is 12.1. The number of fused-ring (bicyclic) bond motifs is 1. The van der Waals surface area contributed by atoms with Crippen molar-refractivity contribution in [3.8, 4) is 11.5 Å². The third kappa shape index (κ3) is 1.91. The van der Waals surface area contributed by atoms with Crippen LogP contribution < -0.4 is 14.8 Å². The average Bonchev–Trinajstić information content (AvgIpc) is 2.91. The number of halogens is 1. The minimum absolute atomic E-state index is 0.289. The molecule has 0 saturated carbocycles. The van der Waals surface area contributed by atoms with Crippen molar-refractivity contribution in [2.75, 3.05) is 19.8 Å². The van der Waals surface area contributed by atoms with Crippen molar-refractivity contribution >= 4 is 22.2 Å². The topological polar surface area (TPSA) is 47.6 Å². The molecular formula is C13H14BrNO3. The Kier molecular flexibility index (Phi) is 3.26. The number of ether oxygens (including phenoxy) is 2. The maximum atomic E-state index is 11.2. The fraction of sp³-hybridized carbons (Fsp3) is 0.462. The molecule has 5 heteroatoms. The number of hydrogen-bond acceptors (Lipinski definition) is 4. The molecule has 1 saturated heterocycles. The van der Waals surface area contributed by atoms with Crippen LogP contribution >= 0.6 is 15.9 Å². The number of rotatable bonds is 2. The van der Waals surface area contributed by atoms with Crippen LogP contribution in [-0.2, 0) is 0 Å². The summed E-state index contributed by atoms with van der Waals surface area (Å²) in [6.07, 6.45) is 3.06. The van der Waals surface area contributed by atoms with Gasteiger partial charge < -0.3 is 14.8 Å². The van der Waals surface area contributed by atoms with E-state index in [1.165, 1.54) is 0 Å². The number of benzene rings is 1. The monoisotopic (exact) mass is 311 g/mol. The lowest BCUT2D eigenvalue weighted by atomic mass is 10.0. The molecule has 96 valence electrons. The van der Waals surface area contributed by atoms with Crippen LogP contribution in [0.15, 0.2) is 10.5 Å². The normalized spacial score (nSPS) is 21.9. The predicted octanol–water partition coefficient (Wildman–Crippen LogP) is 2.46. The van der Waals surface area contributed by atoms with Crippen LogP contribution in [0, 0.1) is 0 Å². The summed E-state index contributed by atoms with van der Waals surface area (Å²) in [4.78, 5) is 11.2. The molecule has 2 aliphatic rings. The molecule has 3 rings (SSSR count). The molecule has 2 aliphatic heterocycles. The molecule has 1 aromatic rings. The molecule has 0 bridgehead atoms. The Morgan fingerprint density at radius 3 is 2.78 bits per heavy atom. The van der Waals surface area contributed by atoms with Gasteiger partial charge in [-0.2, -0.15) is 0 Å². The van der Waals surface area contributed by atoms with E-state index in [2.05, 4.69) is 21.2 Å². The number of aldehydes is 1.